The third-order valence-corrected chi connectivity index (χ3v) is 3.85. The minimum atomic E-state index is 0.783. The van der Waals surface area contributed by atoms with Gasteiger partial charge in [-0.2, -0.15) is 0 Å². The van der Waals surface area contributed by atoms with Crippen LogP contribution in [0, 0.1) is 17.8 Å². The summed E-state index contributed by atoms with van der Waals surface area (Å²) >= 11 is 0. The molecule has 0 aromatic carbocycles. The van der Waals surface area contributed by atoms with E-state index in [0.29, 0.717) is 0 Å². The van der Waals surface area contributed by atoms with Crippen molar-refractivity contribution in [2.24, 2.45) is 17.8 Å². The van der Waals surface area contributed by atoms with Crippen LogP contribution in [0.15, 0.2) is 0 Å². The van der Waals surface area contributed by atoms with Crippen LogP contribution in [0.1, 0.15) is 59.8 Å². The Morgan fingerprint density at radius 3 is 2.13 bits per heavy atom. The lowest BCUT2D eigenvalue weighted by Gasteiger charge is -2.37. The minimum Gasteiger partial charge on any atom is -0.314 e. The summed E-state index contributed by atoms with van der Waals surface area (Å²) in [6, 6.07) is 0.783. The van der Waals surface area contributed by atoms with Crippen LogP contribution < -0.4 is 5.32 Å². The molecular weight excluding hydrogens is 182 g/mol. The Hall–Kier alpha value is -0.0400. The topological polar surface area (TPSA) is 12.0 Å². The van der Waals surface area contributed by atoms with Crippen molar-refractivity contribution in [3.05, 3.63) is 0 Å². The standard InChI is InChI=1S/C14H29N/c1-5-7-14(15-6-2)13-9-11(3)8-12(4)10-13/h11-15H,5-10H2,1-4H3. The third-order valence-electron chi connectivity index (χ3n) is 3.85. The van der Waals surface area contributed by atoms with Gasteiger partial charge in [-0.15, -0.1) is 0 Å². The first-order chi connectivity index (χ1) is 7.17. The van der Waals surface area contributed by atoms with E-state index in [2.05, 4.69) is 33.0 Å². The molecule has 1 aliphatic carbocycles. The van der Waals surface area contributed by atoms with E-state index in [4.69, 9.17) is 0 Å². The molecule has 0 amide bonds. The molecule has 0 aliphatic heterocycles. The Labute approximate surface area is 96.0 Å². The maximum atomic E-state index is 3.69. The summed E-state index contributed by atoms with van der Waals surface area (Å²) < 4.78 is 0. The lowest BCUT2D eigenvalue weighted by atomic mass is 9.73. The van der Waals surface area contributed by atoms with E-state index >= 15 is 0 Å². The summed E-state index contributed by atoms with van der Waals surface area (Å²) in [5.74, 6) is 2.82. The average molecular weight is 211 g/mol. The zero-order chi connectivity index (χ0) is 11.3. The predicted octanol–water partition coefficient (Wildman–Crippen LogP) is 3.84. The predicted molar refractivity (Wildman–Crippen MR) is 68.0 cm³/mol. The molecule has 1 N–H and O–H groups in total. The van der Waals surface area contributed by atoms with Crippen LogP contribution in [0.25, 0.3) is 0 Å². The molecule has 3 unspecified atom stereocenters. The molecule has 90 valence electrons. The summed E-state index contributed by atoms with van der Waals surface area (Å²) in [7, 11) is 0. The molecule has 3 atom stereocenters. The van der Waals surface area contributed by atoms with E-state index in [9.17, 15) is 0 Å². The molecule has 0 radical (unpaired) electrons. The van der Waals surface area contributed by atoms with Crippen LogP contribution in [0.4, 0.5) is 0 Å². The van der Waals surface area contributed by atoms with Crippen LogP contribution in [0.3, 0.4) is 0 Å². The highest BCUT2D eigenvalue weighted by molar-refractivity contribution is 4.83. The molecule has 1 saturated carbocycles. The fraction of sp³-hybridized carbons (Fsp3) is 1.00. The maximum absolute atomic E-state index is 3.69. The number of rotatable bonds is 5. The van der Waals surface area contributed by atoms with E-state index in [1.165, 1.54) is 32.1 Å². The first-order valence-electron chi connectivity index (χ1n) is 6.90. The van der Waals surface area contributed by atoms with Gasteiger partial charge in [-0.1, -0.05) is 34.1 Å². The molecule has 1 rings (SSSR count). The van der Waals surface area contributed by atoms with Gasteiger partial charge in [-0.05, 0) is 50.0 Å². The van der Waals surface area contributed by atoms with E-state index in [-0.39, 0.29) is 0 Å². The molecular formula is C14H29N. The Kier molecular flexibility index (Phi) is 5.66. The third kappa shape index (κ3) is 4.14. The van der Waals surface area contributed by atoms with Crippen LogP contribution in [-0.2, 0) is 0 Å². The minimum absolute atomic E-state index is 0.783. The summed E-state index contributed by atoms with van der Waals surface area (Å²) in [5, 5.41) is 3.69. The van der Waals surface area contributed by atoms with Gasteiger partial charge in [0.25, 0.3) is 0 Å². The first-order valence-corrected chi connectivity index (χ1v) is 6.90. The van der Waals surface area contributed by atoms with Gasteiger partial charge in [0, 0.05) is 6.04 Å². The highest BCUT2D eigenvalue weighted by Gasteiger charge is 2.28. The summed E-state index contributed by atoms with van der Waals surface area (Å²) in [4.78, 5) is 0. The Morgan fingerprint density at radius 1 is 1.07 bits per heavy atom. The van der Waals surface area contributed by atoms with E-state index in [1.54, 1.807) is 0 Å². The molecule has 0 aromatic rings. The second kappa shape index (κ2) is 6.52. The van der Waals surface area contributed by atoms with Crippen LogP contribution >= 0.6 is 0 Å². The van der Waals surface area contributed by atoms with Crippen molar-refractivity contribution in [2.45, 2.75) is 65.8 Å². The Balaban J connectivity index is 2.49. The normalized spacial score (nSPS) is 34.0. The van der Waals surface area contributed by atoms with Crippen molar-refractivity contribution in [1.82, 2.24) is 5.32 Å². The van der Waals surface area contributed by atoms with E-state index < -0.39 is 0 Å². The first kappa shape index (κ1) is 13.0. The smallest absolute Gasteiger partial charge is 0.00953 e. The van der Waals surface area contributed by atoms with Crippen molar-refractivity contribution in [3.8, 4) is 0 Å². The van der Waals surface area contributed by atoms with Gasteiger partial charge in [-0.3, -0.25) is 0 Å². The SMILES string of the molecule is CCCC(NCC)C1CC(C)CC(C)C1. The zero-order valence-electron chi connectivity index (χ0n) is 11.1. The van der Waals surface area contributed by atoms with Crippen molar-refractivity contribution < 1.29 is 0 Å². The van der Waals surface area contributed by atoms with Gasteiger partial charge in [0.1, 0.15) is 0 Å². The highest BCUT2D eigenvalue weighted by Crippen LogP contribution is 2.35. The molecule has 0 aromatic heterocycles. The van der Waals surface area contributed by atoms with Gasteiger partial charge in [0.15, 0.2) is 0 Å². The van der Waals surface area contributed by atoms with E-state index in [0.717, 1.165) is 30.3 Å². The molecule has 1 nitrogen and oxygen atoms in total. The number of hydrogen-bond donors (Lipinski definition) is 1. The summed E-state index contributed by atoms with van der Waals surface area (Å²) in [6.45, 7) is 10.5. The second-order valence-corrected chi connectivity index (χ2v) is 5.63. The zero-order valence-corrected chi connectivity index (χ0v) is 11.1. The monoisotopic (exact) mass is 211 g/mol. The molecule has 1 fully saturated rings. The van der Waals surface area contributed by atoms with Crippen molar-refractivity contribution in [3.63, 3.8) is 0 Å². The van der Waals surface area contributed by atoms with Crippen molar-refractivity contribution >= 4 is 0 Å². The molecule has 0 saturated heterocycles. The molecule has 0 heterocycles. The van der Waals surface area contributed by atoms with Gasteiger partial charge < -0.3 is 5.32 Å². The Morgan fingerprint density at radius 2 is 1.67 bits per heavy atom. The fourth-order valence-corrected chi connectivity index (χ4v) is 3.42. The lowest BCUT2D eigenvalue weighted by molar-refractivity contribution is 0.171. The summed E-state index contributed by atoms with van der Waals surface area (Å²) in [6.07, 6.45) is 7.01. The van der Waals surface area contributed by atoms with E-state index in [1.807, 2.05) is 0 Å². The number of nitrogens with one attached hydrogen (secondary N) is 1. The van der Waals surface area contributed by atoms with Crippen LogP contribution in [-0.4, -0.2) is 12.6 Å². The number of hydrogen-bond acceptors (Lipinski definition) is 1. The van der Waals surface area contributed by atoms with Crippen molar-refractivity contribution in [1.29, 1.82) is 0 Å². The van der Waals surface area contributed by atoms with Crippen LogP contribution in [0.2, 0.25) is 0 Å². The van der Waals surface area contributed by atoms with Gasteiger partial charge >= 0.3 is 0 Å². The molecule has 1 aliphatic rings. The lowest BCUT2D eigenvalue weighted by Crippen LogP contribution is -2.39. The average Bonchev–Trinajstić information content (AvgIpc) is 2.16. The second-order valence-electron chi connectivity index (χ2n) is 5.63. The fourth-order valence-electron chi connectivity index (χ4n) is 3.42. The van der Waals surface area contributed by atoms with Gasteiger partial charge in [0.2, 0.25) is 0 Å². The molecule has 15 heavy (non-hydrogen) atoms. The molecule has 0 bridgehead atoms. The van der Waals surface area contributed by atoms with Crippen LogP contribution in [0.5, 0.6) is 0 Å². The largest absolute Gasteiger partial charge is 0.314 e. The highest BCUT2D eigenvalue weighted by atomic mass is 14.9. The summed E-state index contributed by atoms with van der Waals surface area (Å²) in [5.41, 5.74) is 0. The maximum Gasteiger partial charge on any atom is 0.00953 e. The quantitative estimate of drug-likeness (QED) is 0.728. The van der Waals surface area contributed by atoms with Gasteiger partial charge in [0.05, 0.1) is 0 Å². The molecule has 1 heteroatoms. The van der Waals surface area contributed by atoms with Gasteiger partial charge in [-0.25, -0.2) is 0 Å². The molecule has 0 spiro atoms. The van der Waals surface area contributed by atoms with Crippen molar-refractivity contribution in [2.75, 3.05) is 6.54 Å². The Bertz CT molecular complexity index is 151.